The number of rotatable bonds is 10. The number of fused-ring (bicyclic) bond motifs is 3. The highest BCUT2D eigenvalue weighted by Gasteiger charge is 2.49. The molecule has 15 heteroatoms. The van der Waals surface area contributed by atoms with Crippen molar-refractivity contribution in [1.29, 1.82) is 0 Å². The number of carbonyl (C=O) groups excluding carboxylic acids is 4. The van der Waals surface area contributed by atoms with Crippen LogP contribution in [0.15, 0.2) is 24.3 Å². The molecule has 0 radical (unpaired) electrons. The van der Waals surface area contributed by atoms with Gasteiger partial charge in [-0.15, -0.1) is 0 Å². The number of aliphatic hydroxyl groups is 2. The first-order chi connectivity index (χ1) is 22.1. The molecule has 3 aliphatic rings. The number of hydrogen-bond donors (Lipinski definition) is 5. The predicted molar refractivity (Wildman–Crippen MR) is 163 cm³/mol. The average Bonchev–Trinajstić information content (AvgIpc) is 3.00. The van der Waals surface area contributed by atoms with Gasteiger partial charge in [0, 0.05) is 41.5 Å². The number of amides is 1. The first-order valence-corrected chi connectivity index (χ1v) is 17.1. The second-order valence-electron chi connectivity index (χ2n) is 11.9. The van der Waals surface area contributed by atoms with E-state index in [-0.39, 0.29) is 41.9 Å². The van der Waals surface area contributed by atoms with E-state index < -0.39 is 109 Å². The maximum absolute atomic E-state index is 13.6. The van der Waals surface area contributed by atoms with Gasteiger partial charge in [-0.1, -0.05) is 24.3 Å². The zero-order valence-corrected chi connectivity index (χ0v) is 27.2. The summed E-state index contributed by atoms with van der Waals surface area (Å²) in [5.41, 5.74) is -3.16. The molecule has 0 unspecified atom stereocenters. The minimum atomic E-state index is -3.75. The molecule has 2 aromatic rings. The van der Waals surface area contributed by atoms with E-state index in [0.29, 0.717) is 0 Å². The SMILES string of the molecule is CCOP(=O)(CC(=O)N[C@H]1C[C@H](O[C@H]2C[C@](O)(C(C)=O)Cc3c(O)c4c(c(O)c32)C(=O)c2ccccc2C4=O)O[C@@H](C)[C@H]1O)OCC. The summed E-state index contributed by atoms with van der Waals surface area (Å²) in [6.45, 7) is 5.97. The van der Waals surface area contributed by atoms with E-state index in [1.165, 1.54) is 19.1 Å². The summed E-state index contributed by atoms with van der Waals surface area (Å²) in [6, 6.07) is 4.97. The Hall–Kier alpha value is -3.49. The molecule has 1 saturated heterocycles. The second-order valence-corrected chi connectivity index (χ2v) is 14.0. The molecule has 1 amide bonds. The summed E-state index contributed by atoms with van der Waals surface area (Å²) in [5.74, 6) is -4.13. The number of benzene rings is 2. The third kappa shape index (κ3) is 6.39. The van der Waals surface area contributed by atoms with E-state index in [1.54, 1.807) is 26.0 Å². The van der Waals surface area contributed by atoms with Crippen LogP contribution in [0.2, 0.25) is 0 Å². The Morgan fingerprint density at radius 1 is 1.04 bits per heavy atom. The lowest BCUT2D eigenvalue weighted by molar-refractivity contribution is -0.249. The first-order valence-electron chi connectivity index (χ1n) is 15.3. The van der Waals surface area contributed by atoms with Crippen LogP contribution in [0.25, 0.3) is 0 Å². The van der Waals surface area contributed by atoms with Crippen LogP contribution in [-0.2, 0) is 39.1 Å². The Labute approximate surface area is 270 Å². The van der Waals surface area contributed by atoms with Gasteiger partial charge in [-0.05, 0) is 27.7 Å². The monoisotopic (exact) mass is 675 g/mol. The number of phenols is 2. The van der Waals surface area contributed by atoms with Gasteiger partial charge in [-0.25, -0.2) is 0 Å². The molecule has 5 rings (SSSR count). The number of nitrogens with one attached hydrogen (secondary N) is 1. The standard InChI is InChI=1S/C32H38NO13P/c1-5-43-47(42,44-6-2)14-22(35)33-20-11-23(45-15(3)27(20)36)46-21-13-32(41,16(4)34)12-19-24(21)31(40)26-25(30(19)39)28(37)17-9-7-8-10-18(17)29(26)38/h7-10,15,20-21,23,27,36,39-41H,5-6,11-14H2,1-4H3,(H,33,35)/t15-,20-,21-,23-,27+,32-/m0/s1. The molecule has 0 saturated carbocycles. The van der Waals surface area contributed by atoms with Gasteiger partial charge < -0.3 is 44.3 Å². The fourth-order valence-electron chi connectivity index (χ4n) is 6.48. The van der Waals surface area contributed by atoms with E-state index in [2.05, 4.69) is 5.32 Å². The highest BCUT2D eigenvalue weighted by molar-refractivity contribution is 7.54. The fourth-order valence-corrected chi connectivity index (χ4v) is 7.97. The molecule has 14 nitrogen and oxygen atoms in total. The third-order valence-electron chi connectivity index (χ3n) is 8.79. The number of aliphatic hydroxyl groups excluding tert-OH is 1. The number of ether oxygens (including phenoxy) is 2. The molecule has 0 aromatic heterocycles. The molecular formula is C32H38NO13P. The van der Waals surface area contributed by atoms with Crippen LogP contribution in [0.5, 0.6) is 11.5 Å². The van der Waals surface area contributed by atoms with Crippen LogP contribution >= 0.6 is 7.60 Å². The Morgan fingerprint density at radius 3 is 2.17 bits per heavy atom. The van der Waals surface area contributed by atoms with Crippen molar-refractivity contribution in [2.75, 3.05) is 19.4 Å². The van der Waals surface area contributed by atoms with Crippen molar-refractivity contribution in [3.8, 4) is 11.5 Å². The quantitative estimate of drug-likeness (QED) is 0.154. The molecule has 5 N–H and O–H groups in total. The Kier molecular flexibility index (Phi) is 9.78. The molecule has 2 aliphatic carbocycles. The van der Waals surface area contributed by atoms with Crippen LogP contribution in [0.1, 0.15) is 89.6 Å². The highest BCUT2D eigenvalue weighted by Crippen LogP contribution is 2.52. The predicted octanol–water partition coefficient (Wildman–Crippen LogP) is 2.44. The largest absolute Gasteiger partial charge is 0.507 e. The molecule has 1 aliphatic heterocycles. The van der Waals surface area contributed by atoms with Crippen LogP contribution in [0, 0.1) is 0 Å². The number of ketones is 3. The van der Waals surface area contributed by atoms with Gasteiger partial charge in [0.25, 0.3) is 0 Å². The molecule has 0 spiro atoms. The second kappa shape index (κ2) is 13.2. The molecule has 6 atom stereocenters. The highest BCUT2D eigenvalue weighted by atomic mass is 31.2. The molecule has 1 fully saturated rings. The van der Waals surface area contributed by atoms with Crippen molar-refractivity contribution in [2.45, 2.75) is 83.2 Å². The van der Waals surface area contributed by atoms with Crippen LogP contribution in [-0.4, -0.2) is 93.2 Å². The maximum Gasteiger partial charge on any atom is 0.340 e. The summed E-state index contributed by atoms with van der Waals surface area (Å²) in [6.07, 6.45) is -6.38. The van der Waals surface area contributed by atoms with Gasteiger partial charge in [-0.3, -0.25) is 23.7 Å². The van der Waals surface area contributed by atoms with Crippen molar-refractivity contribution in [2.24, 2.45) is 0 Å². The van der Waals surface area contributed by atoms with Gasteiger partial charge in [0.05, 0.1) is 42.6 Å². The van der Waals surface area contributed by atoms with E-state index in [0.717, 1.165) is 6.92 Å². The van der Waals surface area contributed by atoms with Crippen molar-refractivity contribution in [3.63, 3.8) is 0 Å². The van der Waals surface area contributed by atoms with E-state index in [9.17, 15) is 44.2 Å². The average molecular weight is 676 g/mol. The Morgan fingerprint density at radius 2 is 1.62 bits per heavy atom. The van der Waals surface area contributed by atoms with Crippen molar-refractivity contribution < 1.29 is 62.7 Å². The summed E-state index contributed by atoms with van der Waals surface area (Å²) >= 11 is 0. The van der Waals surface area contributed by atoms with Crippen molar-refractivity contribution in [3.05, 3.63) is 57.6 Å². The van der Waals surface area contributed by atoms with E-state index in [1.807, 2.05) is 0 Å². The topological polar surface area (TPSA) is 215 Å². The zero-order valence-electron chi connectivity index (χ0n) is 26.3. The Balaban J connectivity index is 1.48. The maximum atomic E-state index is 13.6. The van der Waals surface area contributed by atoms with Gasteiger partial charge in [0.1, 0.15) is 29.4 Å². The fraction of sp³-hybridized carbons (Fsp3) is 0.500. The molecular weight excluding hydrogens is 637 g/mol. The van der Waals surface area contributed by atoms with Gasteiger partial charge in [0.15, 0.2) is 23.6 Å². The van der Waals surface area contributed by atoms with Gasteiger partial charge in [0.2, 0.25) is 5.91 Å². The molecule has 254 valence electrons. The van der Waals surface area contributed by atoms with Crippen molar-refractivity contribution >= 4 is 30.9 Å². The number of carbonyl (C=O) groups is 4. The van der Waals surface area contributed by atoms with E-state index in [4.69, 9.17) is 18.5 Å². The van der Waals surface area contributed by atoms with Crippen LogP contribution in [0.3, 0.4) is 0 Å². The summed E-state index contributed by atoms with van der Waals surface area (Å²) in [5, 5.41) is 47.8. The zero-order chi connectivity index (χ0) is 34.4. The summed E-state index contributed by atoms with van der Waals surface area (Å²) < 4.78 is 35.3. The summed E-state index contributed by atoms with van der Waals surface area (Å²) in [7, 11) is -3.75. The van der Waals surface area contributed by atoms with Crippen LogP contribution in [0.4, 0.5) is 0 Å². The minimum absolute atomic E-state index is 0.0280. The van der Waals surface area contributed by atoms with Crippen LogP contribution < -0.4 is 5.32 Å². The lowest BCUT2D eigenvalue weighted by Crippen LogP contribution is -2.56. The first kappa shape index (κ1) is 34.8. The number of Topliss-reactive ketones (excluding diaryl/α,β-unsaturated/α-hetero) is 1. The van der Waals surface area contributed by atoms with E-state index >= 15 is 0 Å². The number of aromatic hydroxyl groups is 2. The number of hydrogen-bond acceptors (Lipinski definition) is 13. The van der Waals surface area contributed by atoms with Gasteiger partial charge in [-0.2, -0.15) is 0 Å². The lowest BCUT2D eigenvalue weighted by atomic mass is 9.72. The lowest BCUT2D eigenvalue weighted by Gasteiger charge is -2.42. The molecule has 0 bridgehead atoms. The number of phenolic OH excluding ortho intramolecular Hbond substituents is 2. The molecule has 2 aromatic carbocycles. The van der Waals surface area contributed by atoms with Crippen molar-refractivity contribution in [1.82, 2.24) is 5.32 Å². The third-order valence-corrected chi connectivity index (χ3v) is 10.8. The minimum Gasteiger partial charge on any atom is -0.507 e. The molecule has 47 heavy (non-hydrogen) atoms. The smallest absolute Gasteiger partial charge is 0.340 e. The van der Waals surface area contributed by atoms with Gasteiger partial charge >= 0.3 is 7.60 Å². The summed E-state index contributed by atoms with van der Waals surface area (Å²) in [4.78, 5) is 52.6. The normalized spacial score (nSPS) is 27.1. The molecule has 1 heterocycles. The Bertz CT molecular complexity index is 1660.